The van der Waals surface area contributed by atoms with Crippen LogP contribution in [0, 0.1) is 24.0 Å². The van der Waals surface area contributed by atoms with Crippen LogP contribution in [0.2, 0.25) is 0 Å². The van der Waals surface area contributed by atoms with Crippen LogP contribution in [-0.4, -0.2) is 4.57 Å². The van der Waals surface area contributed by atoms with Crippen LogP contribution in [0.5, 0.6) is 0 Å². The third-order valence-electron chi connectivity index (χ3n) is 4.35. The van der Waals surface area contributed by atoms with Crippen molar-refractivity contribution in [1.82, 2.24) is 4.57 Å². The fourth-order valence-corrected chi connectivity index (χ4v) is 3.31. The Bertz CT molecular complexity index is 701. The van der Waals surface area contributed by atoms with E-state index in [1.807, 2.05) is 6.07 Å². The van der Waals surface area contributed by atoms with Crippen molar-refractivity contribution < 1.29 is 8.78 Å². The number of nitrogens with two attached hydrogens (primary N) is 1. The van der Waals surface area contributed by atoms with Gasteiger partial charge in [-0.2, -0.15) is 0 Å². The van der Waals surface area contributed by atoms with E-state index < -0.39 is 11.6 Å². The first kappa shape index (κ1) is 14.3. The summed E-state index contributed by atoms with van der Waals surface area (Å²) in [5.74, 6) is -1.06. The molecule has 0 saturated carbocycles. The summed E-state index contributed by atoms with van der Waals surface area (Å²) in [4.78, 5) is 0. The van der Waals surface area contributed by atoms with Gasteiger partial charge in [0.1, 0.15) is 11.5 Å². The Labute approximate surface area is 123 Å². The number of benzene rings is 1. The van der Waals surface area contributed by atoms with Crippen LogP contribution < -0.4 is 5.73 Å². The maximum absolute atomic E-state index is 14.4. The Kier molecular flexibility index (Phi) is 3.17. The number of nitrogens with zero attached hydrogens (tertiary/aromatic N) is 1. The minimum Gasteiger partial charge on any atom is -0.324 e. The Balaban J connectivity index is 2.21. The van der Waals surface area contributed by atoms with Gasteiger partial charge in [0.25, 0.3) is 0 Å². The first-order valence-corrected chi connectivity index (χ1v) is 7.21. The van der Waals surface area contributed by atoms with Gasteiger partial charge in [-0.05, 0) is 48.4 Å². The second kappa shape index (κ2) is 4.67. The van der Waals surface area contributed by atoms with Crippen LogP contribution in [-0.2, 0) is 6.42 Å². The summed E-state index contributed by atoms with van der Waals surface area (Å²) in [6, 6.07) is 4.57. The quantitative estimate of drug-likeness (QED) is 0.844. The van der Waals surface area contributed by atoms with E-state index in [0.717, 1.165) is 24.1 Å². The second-order valence-electron chi connectivity index (χ2n) is 6.77. The van der Waals surface area contributed by atoms with Crippen molar-refractivity contribution in [2.24, 2.45) is 11.1 Å². The highest BCUT2D eigenvalue weighted by molar-refractivity contribution is 5.45. The van der Waals surface area contributed by atoms with Crippen molar-refractivity contribution in [2.75, 3.05) is 0 Å². The van der Waals surface area contributed by atoms with Crippen LogP contribution >= 0.6 is 0 Å². The summed E-state index contributed by atoms with van der Waals surface area (Å²) in [5.41, 5.74) is 8.60. The van der Waals surface area contributed by atoms with E-state index in [9.17, 15) is 8.78 Å². The number of aromatic nitrogens is 1. The minimum atomic E-state index is -0.548. The summed E-state index contributed by atoms with van der Waals surface area (Å²) >= 11 is 0. The average Bonchev–Trinajstić information content (AvgIpc) is 2.77. The Morgan fingerprint density at radius 2 is 1.95 bits per heavy atom. The molecule has 0 radical (unpaired) electrons. The maximum Gasteiger partial charge on any atom is 0.153 e. The lowest BCUT2D eigenvalue weighted by Gasteiger charge is -2.34. The van der Waals surface area contributed by atoms with Crippen LogP contribution in [0.25, 0.3) is 5.69 Å². The molecule has 0 bridgehead atoms. The molecule has 1 heterocycles. The standard InChI is InChI=1S/C17H20F2N2/c1-10-4-5-12(18)16(15(10)19)21-7-6-11-13(20)8-17(2,3)9-14(11)21/h4-7,13H,8-9,20H2,1-3H3. The number of aryl methyl sites for hydroxylation is 1. The predicted octanol–water partition coefficient (Wildman–Crippen LogP) is 4.04. The molecule has 1 aliphatic carbocycles. The first-order chi connectivity index (χ1) is 9.80. The van der Waals surface area contributed by atoms with E-state index >= 15 is 0 Å². The third-order valence-corrected chi connectivity index (χ3v) is 4.35. The summed E-state index contributed by atoms with van der Waals surface area (Å²) in [5, 5.41) is 0. The van der Waals surface area contributed by atoms with Crippen LogP contribution in [0.4, 0.5) is 8.78 Å². The average molecular weight is 290 g/mol. The number of fused-ring (bicyclic) bond motifs is 1. The van der Waals surface area contributed by atoms with E-state index in [4.69, 9.17) is 5.73 Å². The van der Waals surface area contributed by atoms with Crippen molar-refractivity contribution in [2.45, 2.75) is 39.7 Å². The molecule has 3 rings (SSSR count). The lowest BCUT2D eigenvalue weighted by molar-refractivity contribution is 0.278. The van der Waals surface area contributed by atoms with Crippen LogP contribution in [0.3, 0.4) is 0 Å². The molecular weight excluding hydrogens is 270 g/mol. The number of rotatable bonds is 1. The minimum absolute atomic E-state index is 0.00106. The van der Waals surface area contributed by atoms with Crippen LogP contribution in [0.1, 0.15) is 43.1 Å². The van der Waals surface area contributed by atoms with Crippen molar-refractivity contribution >= 4 is 0 Å². The van der Waals surface area contributed by atoms with Gasteiger partial charge in [-0.3, -0.25) is 0 Å². The number of halogens is 2. The van der Waals surface area contributed by atoms with Gasteiger partial charge < -0.3 is 10.3 Å². The van der Waals surface area contributed by atoms with E-state index in [0.29, 0.717) is 5.56 Å². The maximum atomic E-state index is 14.4. The normalized spacial score (nSPS) is 20.4. The summed E-state index contributed by atoms with van der Waals surface area (Å²) in [6.07, 6.45) is 3.37. The highest BCUT2D eigenvalue weighted by Gasteiger charge is 2.33. The molecule has 112 valence electrons. The van der Waals surface area contributed by atoms with Gasteiger partial charge in [0.15, 0.2) is 5.82 Å². The van der Waals surface area contributed by atoms with Crippen molar-refractivity contribution in [1.29, 1.82) is 0 Å². The number of hydrogen-bond donors (Lipinski definition) is 1. The molecule has 2 nitrogen and oxygen atoms in total. The van der Waals surface area contributed by atoms with E-state index in [1.54, 1.807) is 17.7 Å². The van der Waals surface area contributed by atoms with Crippen molar-refractivity contribution in [3.8, 4) is 5.69 Å². The molecule has 0 spiro atoms. The monoisotopic (exact) mass is 290 g/mol. The first-order valence-electron chi connectivity index (χ1n) is 7.21. The third kappa shape index (κ3) is 2.27. The molecule has 1 aromatic heterocycles. The van der Waals surface area contributed by atoms with Crippen molar-refractivity contribution in [3.05, 3.63) is 52.9 Å². The molecule has 1 aromatic carbocycles. The molecule has 0 fully saturated rings. The van der Waals surface area contributed by atoms with Gasteiger partial charge in [0, 0.05) is 17.9 Å². The van der Waals surface area contributed by atoms with Gasteiger partial charge in [-0.25, -0.2) is 8.78 Å². The molecule has 0 amide bonds. The molecule has 1 aliphatic rings. The fraction of sp³-hybridized carbons (Fsp3) is 0.412. The largest absolute Gasteiger partial charge is 0.324 e. The molecule has 4 heteroatoms. The predicted molar refractivity (Wildman–Crippen MR) is 79.5 cm³/mol. The van der Waals surface area contributed by atoms with Gasteiger partial charge in [0.2, 0.25) is 0 Å². The van der Waals surface area contributed by atoms with Gasteiger partial charge >= 0.3 is 0 Å². The van der Waals surface area contributed by atoms with Crippen molar-refractivity contribution in [3.63, 3.8) is 0 Å². The van der Waals surface area contributed by atoms with E-state index in [2.05, 4.69) is 13.8 Å². The van der Waals surface area contributed by atoms with Gasteiger partial charge in [-0.1, -0.05) is 19.9 Å². The highest BCUT2D eigenvalue weighted by atomic mass is 19.1. The zero-order valence-corrected chi connectivity index (χ0v) is 12.6. The van der Waals surface area contributed by atoms with E-state index in [-0.39, 0.29) is 17.1 Å². The fourth-order valence-electron chi connectivity index (χ4n) is 3.31. The zero-order valence-electron chi connectivity index (χ0n) is 12.6. The summed E-state index contributed by atoms with van der Waals surface area (Å²) in [7, 11) is 0. The van der Waals surface area contributed by atoms with E-state index in [1.165, 1.54) is 12.1 Å². The molecular formula is C17H20F2N2. The Morgan fingerprint density at radius 3 is 2.67 bits per heavy atom. The van der Waals surface area contributed by atoms with Crippen LogP contribution in [0.15, 0.2) is 24.4 Å². The highest BCUT2D eigenvalue weighted by Crippen LogP contribution is 2.41. The molecule has 0 aliphatic heterocycles. The van der Waals surface area contributed by atoms with Gasteiger partial charge in [-0.15, -0.1) is 0 Å². The molecule has 2 N–H and O–H groups in total. The lowest BCUT2D eigenvalue weighted by atomic mass is 9.74. The SMILES string of the molecule is Cc1ccc(F)c(-n2ccc3c2CC(C)(C)CC3N)c1F. The Morgan fingerprint density at radius 1 is 1.24 bits per heavy atom. The molecule has 2 aromatic rings. The molecule has 1 atom stereocenters. The smallest absolute Gasteiger partial charge is 0.153 e. The second-order valence-corrected chi connectivity index (χ2v) is 6.77. The summed E-state index contributed by atoms with van der Waals surface area (Å²) in [6.45, 7) is 5.91. The molecule has 1 unspecified atom stereocenters. The molecule has 21 heavy (non-hydrogen) atoms. The summed E-state index contributed by atoms with van der Waals surface area (Å²) < 4.78 is 30.2. The number of hydrogen-bond acceptors (Lipinski definition) is 1. The Hall–Kier alpha value is -1.68. The topological polar surface area (TPSA) is 30.9 Å². The molecule has 0 saturated heterocycles. The lowest BCUT2D eigenvalue weighted by Crippen LogP contribution is -2.30. The van der Waals surface area contributed by atoms with Gasteiger partial charge in [0.05, 0.1) is 0 Å². The zero-order chi connectivity index (χ0) is 15.4.